The summed E-state index contributed by atoms with van der Waals surface area (Å²) in [6, 6.07) is 0. The van der Waals surface area contributed by atoms with Gasteiger partial charge in [-0.3, -0.25) is 4.90 Å². The van der Waals surface area contributed by atoms with Crippen molar-refractivity contribution in [2.75, 3.05) is 33.3 Å². The molecule has 1 unspecified atom stereocenters. The average molecular weight is 268 g/mol. The van der Waals surface area contributed by atoms with Crippen LogP contribution in [0.4, 0.5) is 0 Å². The quantitative estimate of drug-likeness (QED) is 0.864. The van der Waals surface area contributed by atoms with Gasteiger partial charge in [0.2, 0.25) is 11.7 Å². The molecule has 1 atom stereocenters. The van der Waals surface area contributed by atoms with Crippen LogP contribution in [0.2, 0.25) is 0 Å². The van der Waals surface area contributed by atoms with Gasteiger partial charge in [0.1, 0.15) is 5.60 Å². The van der Waals surface area contributed by atoms with E-state index in [0.29, 0.717) is 11.7 Å². The van der Waals surface area contributed by atoms with Gasteiger partial charge in [0.25, 0.3) is 0 Å². The molecule has 1 aliphatic heterocycles. The van der Waals surface area contributed by atoms with Gasteiger partial charge in [-0.1, -0.05) is 12.1 Å². The summed E-state index contributed by atoms with van der Waals surface area (Å²) >= 11 is 0. The second-order valence-corrected chi connectivity index (χ2v) is 5.18. The highest BCUT2D eigenvalue weighted by Gasteiger charge is 2.30. The Morgan fingerprint density at radius 1 is 1.42 bits per heavy atom. The summed E-state index contributed by atoms with van der Waals surface area (Å²) < 4.78 is 10.8. The molecule has 0 radical (unpaired) electrons. The Kier molecular flexibility index (Phi) is 4.90. The third-order valence-corrected chi connectivity index (χ3v) is 3.86. The van der Waals surface area contributed by atoms with E-state index < -0.39 is 5.60 Å². The summed E-state index contributed by atoms with van der Waals surface area (Å²) in [4.78, 5) is 6.82. The number of hydrogen-bond acceptors (Lipinski definition) is 6. The van der Waals surface area contributed by atoms with Crippen LogP contribution in [-0.2, 0) is 16.9 Å². The van der Waals surface area contributed by atoms with E-state index in [1.807, 2.05) is 6.92 Å². The molecule has 0 bridgehead atoms. The molecule has 108 valence electrons. The molecule has 0 spiro atoms. The van der Waals surface area contributed by atoms with Gasteiger partial charge in [-0.25, -0.2) is 0 Å². The molecule has 0 amide bonds. The van der Waals surface area contributed by atoms with E-state index in [0.717, 1.165) is 45.6 Å². The Labute approximate surface area is 114 Å². The molecule has 1 N–H and O–H groups in total. The largest absolute Gasteiger partial charge is 0.370 e. The van der Waals surface area contributed by atoms with Gasteiger partial charge in [0, 0.05) is 20.2 Å². The molecule has 1 aromatic rings. The molecule has 1 saturated heterocycles. The van der Waals surface area contributed by atoms with Crippen molar-refractivity contribution in [3.63, 3.8) is 0 Å². The predicted octanol–water partition coefficient (Wildman–Crippen LogP) is 1.14. The van der Waals surface area contributed by atoms with Crippen LogP contribution in [0.5, 0.6) is 0 Å². The third kappa shape index (κ3) is 3.52. The number of methoxy groups -OCH3 is 1. The topological polar surface area (TPSA) is 63.4 Å². The van der Waals surface area contributed by atoms with Crippen molar-refractivity contribution >= 4 is 0 Å². The minimum absolute atomic E-state index is 0.456. The molecular formula is C13H24N4O2. The van der Waals surface area contributed by atoms with Crippen LogP contribution in [0.25, 0.3) is 0 Å². The van der Waals surface area contributed by atoms with Gasteiger partial charge in [-0.05, 0) is 32.9 Å². The van der Waals surface area contributed by atoms with Crippen molar-refractivity contribution < 1.29 is 9.26 Å². The van der Waals surface area contributed by atoms with E-state index in [1.54, 1.807) is 7.11 Å². The number of aromatic nitrogens is 2. The maximum absolute atomic E-state index is 5.49. The summed E-state index contributed by atoms with van der Waals surface area (Å²) in [5.74, 6) is 1.31. The summed E-state index contributed by atoms with van der Waals surface area (Å²) in [6.07, 6.45) is 1.97. The zero-order valence-corrected chi connectivity index (χ0v) is 12.1. The number of hydrogen-bond donors (Lipinski definition) is 1. The summed E-state index contributed by atoms with van der Waals surface area (Å²) in [6.45, 7) is 8.96. The Morgan fingerprint density at radius 2 is 2.26 bits per heavy atom. The van der Waals surface area contributed by atoms with Gasteiger partial charge in [-0.15, -0.1) is 0 Å². The van der Waals surface area contributed by atoms with Crippen molar-refractivity contribution in [2.45, 2.75) is 38.8 Å². The van der Waals surface area contributed by atoms with Crippen LogP contribution in [0, 0.1) is 0 Å². The molecular weight excluding hydrogens is 244 g/mol. The molecule has 1 aliphatic rings. The van der Waals surface area contributed by atoms with Crippen LogP contribution >= 0.6 is 0 Å². The fourth-order valence-electron chi connectivity index (χ4n) is 2.18. The molecule has 0 saturated carbocycles. The van der Waals surface area contributed by atoms with Crippen molar-refractivity contribution in [2.24, 2.45) is 0 Å². The molecule has 6 nitrogen and oxygen atoms in total. The maximum atomic E-state index is 5.49. The summed E-state index contributed by atoms with van der Waals surface area (Å²) in [5, 5.41) is 7.45. The normalized spacial score (nSPS) is 21.0. The molecule has 19 heavy (non-hydrogen) atoms. The van der Waals surface area contributed by atoms with E-state index in [-0.39, 0.29) is 0 Å². The Hall–Kier alpha value is -0.980. The van der Waals surface area contributed by atoms with Crippen molar-refractivity contribution in [3.8, 4) is 0 Å². The fourth-order valence-corrected chi connectivity index (χ4v) is 2.18. The monoisotopic (exact) mass is 268 g/mol. The van der Waals surface area contributed by atoms with Gasteiger partial charge >= 0.3 is 0 Å². The molecule has 2 rings (SSSR count). The standard InChI is InChI=1S/C13H24N4O2/c1-4-13(2,18-3)12-15-11(19-16-12)10-17-8-5-6-14-7-9-17/h14H,4-10H2,1-3H3. The maximum Gasteiger partial charge on any atom is 0.240 e. The number of ether oxygens (including phenoxy) is 1. The van der Waals surface area contributed by atoms with E-state index >= 15 is 0 Å². The highest BCUT2D eigenvalue weighted by Crippen LogP contribution is 2.25. The summed E-state index contributed by atoms with van der Waals surface area (Å²) in [5.41, 5.74) is -0.456. The fraction of sp³-hybridized carbons (Fsp3) is 0.846. The Balaban J connectivity index is 2.00. The smallest absolute Gasteiger partial charge is 0.240 e. The first-order valence-electron chi connectivity index (χ1n) is 6.99. The lowest BCUT2D eigenvalue weighted by atomic mass is 10.0. The van der Waals surface area contributed by atoms with Crippen molar-refractivity contribution in [1.29, 1.82) is 0 Å². The summed E-state index contributed by atoms with van der Waals surface area (Å²) in [7, 11) is 1.68. The van der Waals surface area contributed by atoms with E-state index in [1.165, 1.54) is 0 Å². The number of nitrogens with one attached hydrogen (secondary N) is 1. The first-order valence-corrected chi connectivity index (χ1v) is 6.99. The van der Waals surface area contributed by atoms with E-state index in [2.05, 4.69) is 27.3 Å². The Bertz CT molecular complexity index is 382. The molecule has 6 heteroatoms. The number of rotatable bonds is 5. The van der Waals surface area contributed by atoms with Crippen LogP contribution < -0.4 is 5.32 Å². The first-order chi connectivity index (χ1) is 9.18. The zero-order chi connectivity index (χ0) is 13.7. The van der Waals surface area contributed by atoms with Crippen molar-refractivity contribution in [1.82, 2.24) is 20.4 Å². The molecule has 0 aromatic carbocycles. The van der Waals surface area contributed by atoms with Crippen LogP contribution in [-0.4, -0.2) is 48.3 Å². The minimum Gasteiger partial charge on any atom is -0.370 e. The van der Waals surface area contributed by atoms with Gasteiger partial charge in [-0.2, -0.15) is 4.98 Å². The molecule has 2 heterocycles. The highest BCUT2D eigenvalue weighted by atomic mass is 16.5. The second kappa shape index (κ2) is 6.45. The minimum atomic E-state index is -0.456. The third-order valence-electron chi connectivity index (χ3n) is 3.86. The lowest BCUT2D eigenvalue weighted by molar-refractivity contribution is -0.0106. The van der Waals surface area contributed by atoms with E-state index in [9.17, 15) is 0 Å². The first kappa shape index (κ1) is 14.4. The Morgan fingerprint density at radius 3 is 3.00 bits per heavy atom. The van der Waals surface area contributed by atoms with Crippen LogP contribution in [0.1, 0.15) is 38.4 Å². The SMILES string of the molecule is CCC(C)(OC)c1noc(CN2CCCNCC2)n1. The number of nitrogens with zero attached hydrogens (tertiary/aromatic N) is 3. The predicted molar refractivity (Wildman–Crippen MR) is 71.7 cm³/mol. The molecule has 0 aliphatic carbocycles. The van der Waals surface area contributed by atoms with Crippen molar-refractivity contribution in [3.05, 3.63) is 11.7 Å². The highest BCUT2D eigenvalue weighted by molar-refractivity contribution is 4.99. The van der Waals surface area contributed by atoms with Crippen LogP contribution in [0.15, 0.2) is 4.52 Å². The lowest BCUT2D eigenvalue weighted by Gasteiger charge is -2.22. The lowest BCUT2D eigenvalue weighted by Crippen LogP contribution is -2.28. The van der Waals surface area contributed by atoms with E-state index in [4.69, 9.17) is 9.26 Å². The van der Waals surface area contributed by atoms with Crippen LogP contribution in [0.3, 0.4) is 0 Å². The van der Waals surface area contributed by atoms with Gasteiger partial charge < -0.3 is 14.6 Å². The average Bonchev–Trinajstić information content (AvgIpc) is 2.75. The van der Waals surface area contributed by atoms with Gasteiger partial charge in [0.15, 0.2) is 0 Å². The van der Waals surface area contributed by atoms with Gasteiger partial charge in [0.05, 0.1) is 6.54 Å². The molecule has 1 aromatic heterocycles. The zero-order valence-electron chi connectivity index (χ0n) is 12.1. The molecule has 1 fully saturated rings. The second-order valence-electron chi connectivity index (χ2n) is 5.18.